The fourth-order valence-electron chi connectivity index (χ4n) is 4.23. The lowest BCUT2D eigenvalue weighted by atomic mass is 10.1. The molecule has 148 valence electrons. The van der Waals surface area contributed by atoms with Crippen LogP contribution >= 0.6 is 11.3 Å². The number of oxime groups is 1. The van der Waals surface area contributed by atoms with Gasteiger partial charge in [-0.25, -0.2) is 9.59 Å². The van der Waals surface area contributed by atoms with E-state index in [1.165, 1.54) is 17.5 Å². The Morgan fingerprint density at radius 3 is 2.79 bits per heavy atom. The summed E-state index contributed by atoms with van der Waals surface area (Å²) in [4.78, 5) is 44.0. The van der Waals surface area contributed by atoms with E-state index >= 15 is 0 Å². The number of carbonyl (C=O) groups excluding carboxylic acids is 1. The molecule has 8 nitrogen and oxygen atoms in total. The number of H-pyrrole nitrogens is 1. The number of rotatable bonds is 4. The molecule has 4 heterocycles. The van der Waals surface area contributed by atoms with E-state index in [0.29, 0.717) is 22.2 Å². The van der Waals surface area contributed by atoms with Crippen LogP contribution in [0.15, 0.2) is 33.8 Å². The van der Waals surface area contributed by atoms with Crippen molar-refractivity contribution in [3.8, 4) is 11.1 Å². The Balaban J connectivity index is 1.71. The Morgan fingerprint density at radius 2 is 2.10 bits per heavy atom. The molecule has 0 saturated heterocycles. The molecule has 0 atom stereocenters. The van der Waals surface area contributed by atoms with Gasteiger partial charge < -0.3 is 19.5 Å². The third kappa shape index (κ3) is 2.89. The molecule has 2 N–H and O–H groups in total. The standard InChI is InChI=1S/C20H17N3O5S/c24-16-6-14(22-28-16)15-5-10(9-29-15)13-8-23(11-3-1-2-4-11)18-12(20(26)27)7-21-19(25)17(13)18/h5,7-9,11H,1-4,6H2,(H,21,25)(H,26,27). The van der Waals surface area contributed by atoms with Crippen molar-refractivity contribution in [3.05, 3.63) is 44.6 Å². The zero-order valence-electron chi connectivity index (χ0n) is 15.3. The number of carbonyl (C=O) groups is 2. The van der Waals surface area contributed by atoms with E-state index in [1.54, 1.807) is 0 Å². The van der Waals surface area contributed by atoms with E-state index < -0.39 is 11.9 Å². The molecule has 0 unspecified atom stereocenters. The molecular formula is C20H17N3O5S. The van der Waals surface area contributed by atoms with Gasteiger partial charge in [0.15, 0.2) is 0 Å². The van der Waals surface area contributed by atoms with E-state index in [2.05, 4.69) is 15.0 Å². The van der Waals surface area contributed by atoms with Crippen LogP contribution in [0.25, 0.3) is 22.0 Å². The van der Waals surface area contributed by atoms with Crippen LogP contribution in [0, 0.1) is 0 Å². The molecule has 1 saturated carbocycles. The minimum Gasteiger partial charge on any atom is -0.478 e. The maximum Gasteiger partial charge on any atom is 0.341 e. The molecule has 0 amide bonds. The molecule has 0 aromatic carbocycles. The molecule has 1 aliphatic carbocycles. The van der Waals surface area contributed by atoms with Gasteiger partial charge in [0.2, 0.25) is 0 Å². The van der Waals surface area contributed by atoms with E-state index in [0.717, 1.165) is 36.1 Å². The molecule has 0 radical (unpaired) electrons. The summed E-state index contributed by atoms with van der Waals surface area (Å²) in [6, 6.07) is 2.04. The Bertz CT molecular complexity index is 1240. The number of aromatic amines is 1. The average molecular weight is 411 g/mol. The van der Waals surface area contributed by atoms with Crippen LogP contribution in [0.1, 0.15) is 53.4 Å². The maximum absolute atomic E-state index is 12.7. The van der Waals surface area contributed by atoms with Crippen molar-refractivity contribution < 1.29 is 19.5 Å². The first-order valence-electron chi connectivity index (χ1n) is 9.38. The highest BCUT2D eigenvalue weighted by molar-refractivity contribution is 7.12. The SMILES string of the molecule is O=C1CC(c2cc(-c3cn(C4CCCC4)c4c(C(=O)O)c[nH]c(=O)c34)cs2)=NO1. The first-order chi connectivity index (χ1) is 14.0. The number of fused-ring (bicyclic) bond motifs is 1. The van der Waals surface area contributed by atoms with Gasteiger partial charge in [-0.15, -0.1) is 11.3 Å². The van der Waals surface area contributed by atoms with Gasteiger partial charge in [0, 0.05) is 24.0 Å². The van der Waals surface area contributed by atoms with Gasteiger partial charge in [0.05, 0.1) is 22.2 Å². The highest BCUT2D eigenvalue weighted by Crippen LogP contribution is 2.39. The van der Waals surface area contributed by atoms with Gasteiger partial charge in [-0.2, -0.15) is 0 Å². The van der Waals surface area contributed by atoms with Crippen molar-refractivity contribution in [2.45, 2.75) is 38.1 Å². The van der Waals surface area contributed by atoms with Gasteiger partial charge in [-0.3, -0.25) is 4.79 Å². The van der Waals surface area contributed by atoms with Gasteiger partial charge in [-0.05, 0) is 29.9 Å². The molecule has 9 heteroatoms. The monoisotopic (exact) mass is 411 g/mol. The predicted octanol–water partition coefficient (Wildman–Crippen LogP) is 3.52. The Hall–Kier alpha value is -3.20. The number of pyridine rings is 1. The summed E-state index contributed by atoms with van der Waals surface area (Å²) in [7, 11) is 0. The fourth-order valence-corrected chi connectivity index (χ4v) is 5.12. The quantitative estimate of drug-likeness (QED) is 0.638. The largest absolute Gasteiger partial charge is 0.478 e. The van der Waals surface area contributed by atoms with Gasteiger partial charge >= 0.3 is 11.9 Å². The molecular weight excluding hydrogens is 394 g/mol. The molecule has 3 aromatic rings. The number of nitrogens with zero attached hydrogens (tertiary/aromatic N) is 2. The Morgan fingerprint density at radius 1 is 1.31 bits per heavy atom. The minimum absolute atomic E-state index is 0.0902. The molecule has 29 heavy (non-hydrogen) atoms. The summed E-state index contributed by atoms with van der Waals surface area (Å²) >= 11 is 1.41. The Labute approximate surface area is 168 Å². The predicted molar refractivity (Wildman–Crippen MR) is 108 cm³/mol. The second kappa shape index (κ2) is 6.70. The van der Waals surface area contributed by atoms with Crippen molar-refractivity contribution in [1.82, 2.24) is 9.55 Å². The van der Waals surface area contributed by atoms with Crippen molar-refractivity contribution in [3.63, 3.8) is 0 Å². The van der Waals surface area contributed by atoms with Gasteiger partial charge in [0.25, 0.3) is 5.56 Å². The fraction of sp³-hybridized carbons (Fsp3) is 0.300. The number of aromatic nitrogens is 2. The van der Waals surface area contributed by atoms with Crippen LogP contribution < -0.4 is 5.56 Å². The van der Waals surface area contributed by atoms with Crippen molar-refractivity contribution >= 4 is 39.9 Å². The first kappa shape index (κ1) is 17.9. The smallest absolute Gasteiger partial charge is 0.341 e. The van der Waals surface area contributed by atoms with Crippen molar-refractivity contribution in [2.75, 3.05) is 0 Å². The topological polar surface area (TPSA) is 114 Å². The lowest BCUT2D eigenvalue weighted by Crippen LogP contribution is -2.13. The van der Waals surface area contributed by atoms with Crippen molar-refractivity contribution in [1.29, 1.82) is 0 Å². The summed E-state index contributed by atoms with van der Waals surface area (Å²) in [5, 5.41) is 15.8. The molecule has 3 aromatic heterocycles. The second-order valence-electron chi connectivity index (χ2n) is 7.33. The van der Waals surface area contributed by atoms with Crippen molar-refractivity contribution in [2.24, 2.45) is 5.16 Å². The molecule has 0 spiro atoms. The van der Waals surface area contributed by atoms with Crippen LogP contribution in [-0.2, 0) is 9.63 Å². The highest BCUT2D eigenvalue weighted by Gasteiger charge is 2.27. The summed E-state index contributed by atoms with van der Waals surface area (Å²) in [6.07, 6.45) is 7.38. The molecule has 5 rings (SSSR count). The van der Waals surface area contributed by atoms with Crippen LogP contribution in [0.3, 0.4) is 0 Å². The molecule has 2 aliphatic rings. The van der Waals surface area contributed by atoms with Crippen LogP contribution in [0.2, 0.25) is 0 Å². The van der Waals surface area contributed by atoms with E-state index in [1.807, 2.05) is 22.2 Å². The molecule has 0 bridgehead atoms. The maximum atomic E-state index is 12.7. The van der Waals surface area contributed by atoms with Crippen LogP contribution in [0.4, 0.5) is 0 Å². The third-order valence-electron chi connectivity index (χ3n) is 5.58. The van der Waals surface area contributed by atoms with Crippen LogP contribution in [-0.4, -0.2) is 32.3 Å². The number of aromatic carboxylic acids is 1. The molecule has 1 aliphatic heterocycles. The Kier molecular flexibility index (Phi) is 4.13. The average Bonchev–Trinajstić information content (AvgIpc) is 3.47. The lowest BCUT2D eigenvalue weighted by molar-refractivity contribution is -0.140. The number of nitrogens with one attached hydrogen (secondary N) is 1. The first-order valence-corrected chi connectivity index (χ1v) is 10.3. The van der Waals surface area contributed by atoms with E-state index in [9.17, 15) is 19.5 Å². The number of hydrogen-bond donors (Lipinski definition) is 2. The summed E-state index contributed by atoms with van der Waals surface area (Å²) < 4.78 is 1.97. The number of thiophene rings is 1. The zero-order valence-corrected chi connectivity index (χ0v) is 16.1. The number of carboxylic acid groups (broad SMARTS) is 1. The van der Waals surface area contributed by atoms with E-state index in [4.69, 9.17) is 0 Å². The summed E-state index contributed by atoms with van der Waals surface area (Å²) in [5.74, 6) is -1.47. The van der Waals surface area contributed by atoms with Gasteiger partial charge in [0.1, 0.15) is 11.3 Å². The summed E-state index contributed by atoms with van der Waals surface area (Å²) in [5.41, 5.74) is 2.28. The van der Waals surface area contributed by atoms with E-state index in [-0.39, 0.29) is 23.6 Å². The lowest BCUT2D eigenvalue weighted by Gasteiger charge is -2.14. The normalized spacial score (nSPS) is 17.1. The van der Waals surface area contributed by atoms with Gasteiger partial charge in [-0.1, -0.05) is 18.0 Å². The summed E-state index contributed by atoms with van der Waals surface area (Å²) in [6.45, 7) is 0. The highest BCUT2D eigenvalue weighted by atomic mass is 32.1. The second-order valence-corrected chi connectivity index (χ2v) is 8.24. The third-order valence-corrected chi connectivity index (χ3v) is 6.55. The number of carboxylic acids is 1. The molecule has 1 fully saturated rings. The zero-order chi connectivity index (χ0) is 20.1. The number of hydrogen-bond acceptors (Lipinski definition) is 6. The minimum atomic E-state index is -1.07. The van der Waals surface area contributed by atoms with Crippen LogP contribution in [0.5, 0.6) is 0 Å².